The van der Waals surface area contributed by atoms with E-state index in [0.29, 0.717) is 11.4 Å². The van der Waals surface area contributed by atoms with Crippen LogP contribution in [0.3, 0.4) is 0 Å². The molecule has 0 radical (unpaired) electrons. The number of nitrogens with zero attached hydrogens (tertiary/aromatic N) is 2. The molecule has 0 atom stereocenters. The number of urea groups is 2. The third-order valence-corrected chi connectivity index (χ3v) is 3.60. The number of benzene rings is 2. The van der Waals surface area contributed by atoms with Gasteiger partial charge in [-0.15, -0.1) is 0 Å². The summed E-state index contributed by atoms with van der Waals surface area (Å²) in [5.41, 5.74) is 12.7. The predicted octanol–water partition coefficient (Wildman–Crippen LogP) is 0.839. The van der Waals surface area contributed by atoms with Gasteiger partial charge in [-0.1, -0.05) is 12.1 Å². The second-order valence-corrected chi connectivity index (χ2v) is 5.00. The smallest absolute Gasteiger partial charge is 0.333 e. The zero-order chi connectivity index (χ0) is 16.7. The monoisotopic (exact) mass is 313 g/mol. The van der Waals surface area contributed by atoms with Gasteiger partial charge in [-0.3, -0.25) is 0 Å². The quantitative estimate of drug-likeness (QED) is 0.269. The number of fused-ring (bicyclic) bond motifs is 3. The molecule has 1 aromatic heterocycles. The number of nitrogens with one attached hydrogen (secondary N) is 1. The van der Waals surface area contributed by atoms with Crippen LogP contribution < -0.4 is 33.2 Å². The number of carbonyl (C=O) groups excluding carboxylic acids is 2. The molecule has 3 rings (SSSR count). The summed E-state index contributed by atoms with van der Waals surface area (Å²) in [5, 5.41) is 3.56. The van der Waals surface area contributed by atoms with Gasteiger partial charge in [-0.2, -0.15) is 0 Å². The van der Waals surface area contributed by atoms with Crippen LogP contribution in [0.1, 0.15) is 0 Å². The molecule has 9 heteroatoms. The summed E-state index contributed by atoms with van der Waals surface area (Å²) < 4.78 is 0. The Bertz CT molecular complexity index is 859. The molecule has 0 unspecified atom stereocenters. The van der Waals surface area contributed by atoms with Crippen LogP contribution in [0.4, 0.5) is 21.0 Å². The lowest BCUT2D eigenvalue weighted by Crippen LogP contribution is -2.41. The molecule has 0 fully saturated rings. The first-order valence-electron chi connectivity index (χ1n) is 6.62. The lowest BCUT2D eigenvalue weighted by atomic mass is 10.1. The van der Waals surface area contributed by atoms with E-state index >= 15 is 0 Å². The minimum Gasteiger partial charge on any atom is -0.354 e. The number of amides is 4. The molecule has 3 aromatic rings. The molecule has 4 amide bonds. The van der Waals surface area contributed by atoms with Crippen LogP contribution in [0, 0.1) is 0 Å². The molecule has 0 saturated carbocycles. The summed E-state index contributed by atoms with van der Waals surface area (Å²) in [6.07, 6.45) is 0. The predicted molar refractivity (Wildman–Crippen MR) is 88.3 cm³/mol. The van der Waals surface area contributed by atoms with Crippen LogP contribution in [-0.2, 0) is 0 Å². The standard InChI is InChI=1S/C14H15N7O2/c15-13(22)20(17)7-1-3-9-10-4-2-8(21(18)14(16)23)6-12(10)19-11(9)5-7/h1-6,19H,17-18H2,(H2,15,22)(H2,16,23). The number of carbonyl (C=O) groups is 2. The van der Waals surface area contributed by atoms with E-state index in [4.69, 9.17) is 23.2 Å². The summed E-state index contributed by atoms with van der Waals surface area (Å²) in [4.78, 5) is 25.5. The van der Waals surface area contributed by atoms with Crippen molar-refractivity contribution in [3.8, 4) is 0 Å². The molecule has 0 aliphatic carbocycles. The molecule has 0 spiro atoms. The second kappa shape index (κ2) is 5.16. The third kappa shape index (κ3) is 2.39. The highest BCUT2D eigenvalue weighted by Crippen LogP contribution is 2.30. The zero-order valence-corrected chi connectivity index (χ0v) is 12.0. The summed E-state index contributed by atoms with van der Waals surface area (Å²) in [7, 11) is 0. The van der Waals surface area contributed by atoms with Crippen molar-refractivity contribution in [3.63, 3.8) is 0 Å². The topological polar surface area (TPSA) is 160 Å². The van der Waals surface area contributed by atoms with Crippen molar-refractivity contribution in [2.45, 2.75) is 0 Å². The summed E-state index contributed by atoms with van der Waals surface area (Å²) in [5.74, 6) is 11.2. The number of H-pyrrole nitrogens is 1. The van der Waals surface area contributed by atoms with Crippen LogP contribution in [-0.4, -0.2) is 17.0 Å². The van der Waals surface area contributed by atoms with Crippen LogP contribution in [0.15, 0.2) is 36.4 Å². The van der Waals surface area contributed by atoms with Gasteiger partial charge >= 0.3 is 12.1 Å². The van der Waals surface area contributed by atoms with Crippen molar-refractivity contribution >= 4 is 45.2 Å². The van der Waals surface area contributed by atoms with Crippen LogP contribution in [0.2, 0.25) is 0 Å². The Morgan fingerprint density at radius 2 is 1.17 bits per heavy atom. The molecule has 1 heterocycles. The number of anilines is 2. The summed E-state index contributed by atoms with van der Waals surface area (Å²) in [6.45, 7) is 0. The molecule has 2 aromatic carbocycles. The van der Waals surface area contributed by atoms with Crippen molar-refractivity contribution in [1.82, 2.24) is 4.98 Å². The van der Waals surface area contributed by atoms with E-state index in [2.05, 4.69) is 4.98 Å². The van der Waals surface area contributed by atoms with Crippen LogP contribution in [0.5, 0.6) is 0 Å². The molecule has 0 aliphatic rings. The highest BCUT2D eigenvalue weighted by Gasteiger charge is 2.13. The number of rotatable bonds is 2. The highest BCUT2D eigenvalue weighted by atomic mass is 16.2. The maximum Gasteiger partial charge on any atom is 0.333 e. The molecule has 118 valence electrons. The first-order chi connectivity index (χ1) is 10.9. The third-order valence-electron chi connectivity index (χ3n) is 3.60. The van der Waals surface area contributed by atoms with Crippen LogP contribution >= 0.6 is 0 Å². The van der Waals surface area contributed by atoms with Gasteiger partial charge in [-0.25, -0.2) is 31.3 Å². The highest BCUT2D eigenvalue weighted by molar-refractivity contribution is 6.09. The number of primary amides is 2. The summed E-state index contributed by atoms with van der Waals surface area (Å²) in [6, 6.07) is 8.90. The number of hydrogen-bond donors (Lipinski definition) is 5. The van der Waals surface area contributed by atoms with Gasteiger partial charge in [0.15, 0.2) is 0 Å². The van der Waals surface area contributed by atoms with Crippen molar-refractivity contribution in [2.75, 3.05) is 10.0 Å². The van der Waals surface area contributed by atoms with E-state index < -0.39 is 12.1 Å². The van der Waals surface area contributed by atoms with E-state index in [-0.39, 0.29) is 0 Å². The molecule has 9 nitrogen and oxygen atoms in total. The van der Waals surface area contributed by atoms with Gasteiger partial charge in [0.25, 0.3) is 0 Å². The van der Waals surface area contributed by atoms with Crippen LogP contribution in [0.25, 0.3) is 21.8 Å². The molecular weight excluding hydrogens is 298 g/mol. The van der Waals surface area contributed by atoms with E-state index in [1.807, 2.05) is 12.1 Å². The van der Waals surface area contributed by atoms with Crippen molar-refractivity contribution in [1.29, 1.82) is 0 Å². The number of nitrogens with two attached hydrogens (primary N) is 4. The SMILES string of the molecule is NC(=O)N(N)c1ccc2c(c1)[nH]c1cc(N(N)C(N)=O)ccc12. The first kappa shape index (κ1) is 14.6. The number of aromatic amines is 1. The zero-order valence-electron chi connectivity index (χ0n) is 12.0. The number of hydrazine groups is 2. The largest absolute Gasteiger partial charge is 0.354 e. The Morgan fingerprint density at radius 1 is 0.783 bits per heavy atom. The molecule has 0 saturated heterocycles. The van der Waals surface area contributed by atoms with Gasteiger partial charge in [0, 0.05) is 21.8 Å². The fourth-order valence-corrected chi connectivity index (χ4v) is 2.44. The lowest BCUT2D eigenvalue weighted by molar-refractivity contribution is 0.253. The van der Waals surface area contributed by atoms with Crippen molar-refractivity contribution in [3.05, 3.63) is 36.4 Å². The molecular formula is C14H15N7O2. The van der Waals surface area contributed by atoms with Gasteiger partial charge in [0.1, 0.15) is 0 Å². The Morgan fingerprint density at radius 3 is 1.52 bits per heavy atom. The van der Waals surface area contributed by atoms with Gasteiger partial charge in [0.05, 0.1) is 11.4 Å². The summed E-state index contributed by atoms with van der Waals surface area (Å²) >= 11 is 0. The molecule has 23 heavy (non-hydrogen) atoms. The first-order valence-corrected chi connectivity index (χ1v) is 6.62. The molecule has 0 bridgehead atoms. The normalized spacial score (nSPS) is 10.9. The Kier molecular flexibility index (Phi) is 3.28. The lowest BCUT2D eigenvalue weighted by Gasteiger charge is -2.13. The maximum absolute atomic E-state index is 11.1. The van der Waals surface area contributed by atoms with Crippen molar-refractivity contribution in [2.24, 2.45) is 23.2 Å². The Balaban J connectivity index is 2.14. The Hall–Kier alpha value is -3.30. The number of aromatic nitrogens is 1. The fraction of sp³-hybridized carbons (Fsp3) is 0. The average Bonchev–Trinajstić information content (AvgIpc) is 2.89. The minimum absolute atomic E-state index is 0.453. The number of hydrogen-bond acceptors (Lipinski definition) is 4. The minimum atomic E-state index is -0.761. The van der Waals surface area contributed by atoms with Gasteiger partial charge in [0.2, 0.25) is 0 Å². The van der Waals surface area contributed by atoms with E-state index in [9.17, 15) is 9.59 Å². The average molecular weight is 313 g/mol. The fourth-order valence-electron chi connectivity index (χ4n) is 2.44. The molecule has 9 N–H and O–H groups in total. The second-order valence-electron chi connectivity index (χ2n) is 5.00. The van der Waals surface area contributed by atoms with E-state index in [1.165, 1.54) is 0 Å². The van der Waals surface area contributed by atoms with Gasteiger partial charge in [-0.05, 0) is 24.3 Å². The maximum atomic E-state index is 11.1. The Labute approximate surface area is 130 Å². The van der Waals surface area contributed by atoms with Gasteiger partial charge < -0.3 is 16.5 Å². The van der Waals surface area contributed by atoms with E-state index in [1.54, 1.807) is 24.3 Å². The molecule has 0 aliphatic heterocycles. The van der Waals surface area contributed by atoms with Crippen molar-refractivity contribution < 1.29 is 9.59 Å². The van der Waals surface area contributed by atoms with E-state index in [0.717, 1.165) is 31.8 Å².